The number of hydrogen-bond donors (Lipinski definition) is 1. The fourth-order valence-electron chi connectivity index (χ4n) is 5.17. The van der Waals surface area contributed by atoms with Gasteiger partial charge >= 0.3 is 0 Å². The Morgan fingerprint density at radius 2 is 1.89 bits per heavy atom. The van der Waals surface area contributed by atoms with Crippen LogP contribution in [0.25, 0.3) is 0 Å². The first-order valence-electron chi connectivity index (χ1n) is 9.63. The summed E-state index contributed by atoms with van der Waals surface area (Å²) in [5.41, 5.74) is 5.83. The van der Waals surface area contributed by atoms with Crippen molar-refractivity contribution in [3.05, 3.63) is 18.5 Å². The number of fused-ring (bicyclic) bond motifs is 2. The Morgan fingerprint density at radius 3 is 2.46 bits per heavy atom. The van der Waals surface area contributed by atoms with Crippen LogP contribution in [0.15, 0.2) is 18.5 Å². The fraction of sp³-hybridized carbons (Fsp3) is 0.684. The van der Waals surface area contributed by atoms with Gasteiger partial charge in [0.2, 0.25) is 11.9 Å². The summed E-state index contributed by atoms with van der Waals surface area (Å²) in [6.45, 7) is 1.23. The van der Waals surface area contributed by atoms with Gasteiger partial charge in [0.05, 0.1) is 18.7 Å². The van der Waals surface area contributed by atoms with Gasteiger partial charge in [0.15, 0.2) is 0 Å². The number of amides is 1. The molecule has 1 amide bonds. The Labute approximate surface area is 162 Å². The van der Waals surface area contributed by atoms with Crippen molar-refractivity contribution in [1.82, 2.24) is 14.9 Å². The molecule has 2 N–H and O–H groups in total. The van der Waals surface area contributed by atoms with Gasteiger partial charge in [0.1, 0.15) is 6.04 Å². The zero-order chi connectivity index (χ0) is 20.1. The molecule has 0 spiro atoms. The molecule has 3 fully saturated rings. The summed E-state index contributed by atoms with van der Waals surface area (Å²) >= 11 is 0. The molecule has 150 valence electrons. The second-order valence-electron chi connectivity index (χ2n) is 8.55. The number of carbonyl (C=O) groups is 1. The number of piperidine rings is 1. The number of alkyl halides is 2. The van der Waals surface area contributed by atoms with E-state index in [1.165, 1.54) is 0 Å². The van der Waals surface area contributed by atoms with E-state index in [1.807, 2.05) is 13.0 Å². The summed E-state index contributed by atoms with van der Waals surface area (Å²) < 4.78 is 27.5. The highest BCUT2D eigenvalue weighted by Crippen LogP contribution is 2.48. The largest absolute Gasteiger partial charge is 0.335 e. The van der Waals surface area contributed by atoms with E-state index in [4.69, 9.17) is 5.73 Å². The zero-order valence-electron chi connectivity index (χ0n) is 15.8. The van der Waals surface area contributed by atoms with E-state index in [2.05, 4.69) is 14.9 Å². The van der Waals surface area contributed by atoms with Crippen LogP contribution >= 0.6 is 0 Å². The molecule has 0 saturated carbocycles. The lowest BCUT2D eigenvalue weighted by atomic mass is 9.71. The minimum absolute atomic E-state index is 0.164. The highest BCUT2D eigenvalue weighted by molar-refractivity contribution is 5.83. The molecule has 2 bridgehead atoms. The highest BCUT2D eigenvalue weighted by atomic mass is 19.3. The molecule has 0 radical (unpaired) electrons. The van der Waals surface area contributed by atoms with Crippen LogP contribution in [0.3, 0.4) is 0 Å². The van der Waals surface area contributed by atoms with Crippen LogP contribution in [0.4, 0.5) is 14.7 Å². The van der Waals surface area contributed by atoms with Gasteiger partial charge in [0, 0.05) is 30.9 Å². The topological polar surface area (TPSA) is 99.1 Å². The number of aromatic nitrogens is 2. The van der Waals surface area contributed by atoms with Crippen molar-refractivity contribution in [2.24, 2.45) is 11.1 Å². The SMILES string of the molecule is CC1(C(N)C(=O)N2CC(F)(F)C[C@H]2C#N)CC2CCC(C1)N2c1ncccn1. The van der Waals surface area contributed by atoms with Gasteiger partial charge < -0.3 is 15.5 Å². The van der Waals surface area contributed by atoms with Crippen molar-refractivity contribution in [2.75, 3.05) is 11.4 Å². The lowest BCUT2D eigenvalue weighted by molar-refractivity contribution is -0.137. The van der Waals surface area contributed by atoms with Gasteiger partial charge in [-0.05, 0) is 37.2 Å². The molecule has 4 atom stereocenters. The number of nitrogens with two attached hydrogens (primary N) is 1. The van der Waals surface area contributed by atoms with Crippen molar-refractivity contribution >= 4 is 11.9 Å². The molecule has 1 aromatic rings. The average Bonchev–Trinajstić information content (AvgIpc) is 3.14. The number of carbonyl (C=O) groups excluding carboxylic acids is 1. The van der Waals surface area contributed by atoms with Crippen molar-refractivity contribution in [3.63, 3.8) is 0 Å². The van der Waals surface area contributed by atoms with Crippen LogP contribution in [0.5, 0.6) is 0 Å². The second-order valence-corrected chi connectivity index (χ2v) is 8.55. The predicted octanol–water partition coefficient (Wildman–Crippen LogP) is 1.70. The van der Waals surface area contributed by atoms with E-state index in [-0.39, 0.29) is 12.1 Å². The Kier molecular flexibility index (Phi) is 4.49. The number of likely N-dealkylation sites (tertiary alicyclic amines) is 1. The van der Waals surface area contributed by atoms with E-state index < -0.39 is 42.3 Å². The summed E-state index contributed by atoms with van der Waals surface area (Å²) in [5.74, 6) is -2.90. The maximum atomic E-state index is 13.8. The average molecular weight is 390 g/mol. The Morgan fingerprint density at radius 1 is 1.29 bits per heavy atom. The molecule has 3 aliphatic rings. The van der Waals surface area contributed by atoms with E-state index in [0.717, 1.165) is 17.7 Å². The molecule has 4 rings (SSSR count). The summed E-state index contributed by atoms with van der Waals surface area (Å²) in [4.78, 5) is 24.9. The van der Waals surface area contributed by atoms with E-state index >= 15 is 0 Å². The van der Waals surface area contributed by atoms with Gasteiger partial charge in [-0.3, -0.25) is 4.79 Å². The third kappa shape index (κ3) is 3.09. The number of nitriles is 1. The second kappa shape index (κ2) is 6.62. The lowest BCUT2D eigenvalue weighted by Crippen LogP contribution is -2.59. The first-order chi connectivity index (χ1) is 13.2. The van der Waals surface area contributed by atoms with Crippen molar-refractivity contribution in [3.8, 4) is 6.07 Å². The first-order valence-corrected chi connectivity index (χ1v) is 9.63. The summed E-state index contributed by atoms with van der Waals surface area (Å²) in [5, 5.41) is 9.19. The normalized spacial score (nSPS) is 34.9. The molecule has 9 heteroatoms. The number of rotatable bonds is 3. The third-order valence-corrected chi connectivity index (χ3v) is 6.53. The monoisotopic (exact) mass is 390 g/mol. The molecular weight excluding hydrogens is 366 g/mol. The van der Waals surface area contributed by atoms with Crippen molar-refractivity contribution in [2.45, 2.75) is 69.1 Å². The van der Waals surface area contributed by atoms with Gasteiger partial charge in [-0.25, -0.2) is 18.7 Å². The van der Waals surface area contributed by atoms with Gasteiger partial charge in [-0.2, -0.15) is 5.26 Å². The van der Waals surface area contributed by atoms with Crippen LogP contribution in [0, 0.1) is 16.7 Å². The summed E-state index contributed by atoms with van der Waals surface area (Å²) in [6.07, 6.45) is 6.04. The van der Waals surface area contributed by atoms with E-state index in [1.54, 1.807) is 18.5 Å². The molecule has 3 unspecified atom stereocenters. The highest BCUT2D eigenvalue weighted by Gasteiger charge is 2.54. The zero-order valence-corrected chi connectivity index (χ0v) is 15.8. The van der Waals surface area contributed by atoms with E-state index in [0.29, 0.717) is 18.8 Å². The summed E-state index contributed by atoms with van der Waals surface area (Å²) in [6, 6.07) is 1.88. The van der Waals surface area contributed by atoms with Crippen molar-refractivity contribution in [1.29, 1.82) is 5.26 Å². The lowest BCUT2D eigenvalue weighted by Gasteiger charge is -2.47. The van der Waals surface area contributed by atoms with Crippen LogP contribution in [-0.2, 0) is 4.79 Å². The van der Waals surface area contributed by atoms with Gasteiger partial charge in [0.25, 0.3) is 5.92 Å². The van der Waals surface area contributed by atoms with Gasteiger partial charge in [-0.1, -0.05) is 6.92 Å². The number of hydrogen-bond acceptors (Lipinski definition) is 6. The molecule has 1 aromatic heterocycles. The third-order valence-electron chi connectivity index (χ3n) is 6.53. The first kappa shape index (κ1) is 19.0. The predicted molar refractivity (Wildman–Crippen MR) is 97.3 cm³/mol. The standard InChI is InChI=1S/C19H24F2N6O/c1-18(15(23)16(28)26-11-19(20,21)9-14(26)10-22)7-12-3-4-13(8-18)27(12)17-24-5-2-6-25-17/h2,5-6,12-15H,3-4,7-9,11,23H2,1H3/t12?,13?,14-,15?,18?/m0/s1. The number of anilines is 1. The fourth-order valence-corrected chi connectivity index (χ4v) is 5.17. The minimum atomic E-state index is -3.04. The Hall–Kier alpha value is -2.34. The van der Waals surface area contributed by atoms with E-state index in [9.17, 15) is 18.8 Å². The molecule has 3 aliphatic heterocycles. The van der Waals surface area contributed by atoms with Crippen LogP contribution in [0.2, 0.25) is 0 Å². The Bertz CT molecular complexity index is 783. The van der Waals surface area contributed by atoms with Crippen molar-refractivity contribution < 1.29 is 13.6 Å². The smallest absolute Gasteiger partial charge is 0.268 e. The van der Waals surface area contributed by atoms with Crippen LogP contribution < -0.4 is 10.6 Å². The van der Waals surface area contributed by atoms with Crippen LogP contribution in [0.1, 0.15) is 39.0 Å². The van der Waals surface area contributed by atoms with Crippen LogP contribution in [-0.4, -0.2) is 57.4 Å². The molecule has 3 saturated heterocycles. The molecule has 7 nitrogen and oxygen atoms in total. The molecular formula is C19H24F2N6O. The van der Waals surface area contributed by atoms with Gasteiger partial charge in [-0.15, -0.1) is 0 Å². The number of halogens is 2. The Balaban J connectivity index is 1.52. The quantitative estimate of drug-likeness (QED) is 0.843. The number of nitrogens with zero attached hydrogens (tertiary/aromatic N) is 5. The maximum Gasteiger partial charge on any atom is 0.268 e. The molecule has 4 heterocycles. The maximum absolute atomic E-state index is 13.8. The molecule has 0 aliphatic carbocycles. The summed E-state index contributed by atoms with van der Waals surface area (Å²) in [7, 11) is 0. The molecule has 28 heavy (non-hydrogen) atoms. The molecule has 0 aromatic carbocycles. The minimum Gasteiger partial charge on any atom is -0.335 e.